The first-order valence-electron chi connectivity index (χ1n) is 8.21. The van der Waals surface area contributed by atoms with Gasteiger partial charge in [-0.25, -0.2) is 9.59 Å². The van der Waals surface area contributed by atoms with Crippen molar-refractivity contribution in [2.75, 3.05) is 26.2 Å². The molecule has 0 spiro atoms. The molecule has 1 N–H and O–H groups in total. The van der Waals surface area contributed by atoms with Crippen LogP contribution in [-0.2, 0) is 4.74 Å². The van der Waals surface area contributed by atoms with Gasteiger partial charge in [-0.3, -0.25) is 0 Å². The van der Waals surface area contributed by atoms with E-state index in [0.29, 0.717) is 26.2 Å². The van der Waals surface area contributed by atoms with Gasteiger partial charge in [0.1, 0.15) is 5.60 Å². The molecule has 0 bridgehead atoms. The molecule has 25 heavy (non-hydrogen) atoms. The number of hydrogen-bond donors (Lipinski definition) is 1. The number of amides is 3. The second-order valence-electron chi connectivity index (χ2n) is 6.76. The average molecular weight is 410 g/mol. The minimum Gasteiger partial charge on any atom is -0.444 e. The summed E-state index contributed by atoms with van der Waals surface area (Å²) >= 11 is 3.46. The number of carbonyl (C=O) groups is 2. The molecule has 0 saturated carbocycles. The van der Waals surface area contributed by atoms with Crippen LogP contribution in [-0.4, -0.2) is 53.7 Å². The second kappa shape index (κ2) is 8.38. The van der Waals surface area contributed by atoms with Crippen molar-refractivity contribution < 1.29 is 14.3 Å². The average Bonchev–Trinajstić information content (AvgIpc) is 2.55. The van der Waals surface area contributed by atoms with Gasteiger partial charge in [-0.2, -0.15) is 0 Å². The van der Waals surface area contributed by atoms with E-state index < -0.39 is 5.60 Å². The van der Waals surface area contributed by atoms with Crippen LogP contribution in [0, 0.1) is 0 Å². The van der Waals surface area contributed by atoms with Crippen molar-refractivity contribution in [3.63, 3.8) is 0 Å². The normalized spacial score (nSPS) is 15.4. The maximum atomic E-state index is 12.2. The van der Waals surface area contributed by atoms with Gasteiger partial charge in [0.05, 0.1) is 0 Å². The van der Waals surface area contributed by atoms with Crippen LogP contribution in [0.2, 0.25) is 0 Å². The molecule has 1 saturated heterocycles. The quantitative estimate of drug-likeness (QED) is 0.809. The van der Waals surface area contributed by atoms with Crippen LogP contribution in [0.25, 0.3) is 6.08 Å². The van der Waals surface area contributed by atoms with E-state index in [1.54, 1.807) is 16.0 Å². The minimum absolute atomic E-state index is 0.174. The maximum absolute atomic E-state index is 12.2. The van der Waals surface area contributed by atoms with Crippen LogP contribution in [0.5, 0.6) is 0 Å². The zero-order valence-electron chi connectivity index (χ0n) is 14.8. The van der Waals surface area contributed by atoms with Crippen molar-refractivity contribution >= 4 is 34.1 Å². The molecule has 1 heterocycles. The molecule has 0 aliphatic carbocycles. The molecule has 0 unspecified atom stereocenters. The SMILES string of the molecule is CC(C)(C)OC(=O)N1CCN(C(=O)N/C=C/c2ccccc2Br)CC1. The fourth-order valence-electron chi connectivity index (χ4n) is 2.32. The smallest absolute Gasteiger partial charge is 0.410 e. The van der Waals surface area contributed by atoms with Gasteiger partial charge in [-0.15, -0.1) is 0 Å². The number of benzene rings is 1. The predicted octanol–water partition coefficient (Wildman–Crippen LogP) is 3.68. The third-order valence-corrected chi connectivity index (χ3v) is 4.32. The highest BCUT2D eigenvalue weighted by Crippen LogP contribution is 2.17. The lowest BCUT2D eigenvalue weighted by atomic mass is 10.2. The predicted molar refractivity (Wildman–Crippen MR) is 101 cm³/mol. The first kappa shape index (κ1) is 19.3. The summed E-state index contributed by atoms with van der Waals surface area (Å²) in [5, 5.41) is 2.76. The van der Waals surface area contributed by atoms with Crippen molar-refractivity contribution in [1.29, 1.82) is 0 Å². The van der Waals surface area contributed by atoms with Gasteiger partial charge in [-0.05, 0) is 38.5 Å². The van der Waals surface area contributed by atoms with Crippen molar-refractivity contribution in [2.24, 2.45) is 0 Å². The molecule has 1 aromatic carbocycles. The van der Waals surface area contributed by atoms with Gasteiger partial charge in [0.2, 0.25) is 0 Å². The van der Waals surface area contributed by atoms with E-state index in [-0.39, 0.29) is 12.1 Å². The summed E-state index contributed by atoms with van der Waals surface area (Å²) < 4.78 is 6.31. The zero-order valence-corrected chi connectivity index (χ0v) is 16.4. The lowest BCUT2D eigenvalue weighted by Gasteiger charge is -2.35. The molecule has 1 aliphatic rings. The third-order valence-electron chi connectivity index (χ3n) is 3.59. The molecule has 7 heteroatoms. The summed E-state index contributed by atoms with van der Waals surface area (Å²) in [6.45, 7) is 7.42. The zero-order chi connectivity index (χ0) is 18.4. The number of rotatable bonds is 2. The Hall–Kier alpha value is -2.02. The summed E-state index contributed by atoms with van der Waals surface area (Å²) in [6.07, 6.45) is 3.13. The van der Waals surface area contributed by atoms with Crippen molar-refractivity contribution in [3.8, 4) is 0 Å². The van der Waals surface area contributed by atoms with Gasteiger partial charge in [0, 0.05) is 36.9 Å². The van der Waals surface area contributed by atoms with Gasteiger partial charge in [-0.1, -0.05) is 34.1 Å². The molecule has 6 nitrogen and oxygen atoms in total. The van der Waals surface area contributed by atoms with Gasteiger partial charge < -0.3 is 19.9 Å². The molecular weight excluding hydrogens is 386 g/mol. The largest absolute Gasteiger partial charge is 0.444 e. The second-order valence-corrected chi connectivity index (χ2v) is 7.61. The Bertz CT molecular complexity index is 647. The summed E-state index contributed by atoms with van der Waals surface area (Å²) in [5.41, 5.74) is 0.472. The summed E-state index contributed by atoms with van der Waals surface area (Å²) in [6, 6.07) is 7.59. The highest BCUT2D eigenvalue weighted by molar-refractivity contribution is 9.10. The number of halogens is 1. The van der Waals surface area contributed by atoms with Crippen LogP contribution >= 0.6 is 15.9 Å². The highest BCUT2D eigenvalue weighted by Gasteiger charge is 2.27. The van der Waals surface area contributed by atoms with E-state index in [4.69, 9.17) is 4.74 Å². The van der Waals surface area contributed by atoms with E-state index >= 15 is 0 Å². The molecule has 0 radical (unpaired) electrons. The third kappa shape index (κ3) is 6.08. The van der Waals surface area contributed by atoms with Crippen LogP contribution in [0.15, 0.2) is 34.9 Å². The first-order valence-corrected chi connectivity index (χ1v) is 9.00. The number of nitrogens with one attached hydrogen (secondary N) is 1. The van der Waals surface area contributed by atoms with E-state index in [0.717, 1.165) is 10.0 Å². The summed E-state index contributed by atoms with van der Waals surface area (Å²) in [7, 11) is 0. The Morgan fingerprint density at radius 3 is 2.32 bits per heavy atom. The summed E-state index contributed by atoms with van der Waals surface area (Å²) in [5.74, 6) is 0. The van der Waals surface area contributed by atoms with Crippen LogP contribution in [0.4, 0.5) is 9.59 Å². The fourth-order valence-corrected chi connectivity index (χ4v) is 2.74. The molecular formula is C18H24BrN3O3. The number of ether oxygens (including phenoxy) is 1. The van der Waals surface area contributed by atoms with E-state index in [2.05, 4.69) is 21.2 Å². The lowest BCUT2D eigenvalue weighted by molar-refractivity contribution is 0.0171. The van der Waals surface area contributed by atoms with Crippen molar-refractivity contribution in [2.45, 2.75) is 26.4 Å². The molecule has 136 valence electrons. The van der Waals surface area contributed by atoms with Crippen LogP contribution in [0.3, 0.4) is 0 Å². The molecule has 0 atom stereocenters. The fraction of sp³-hybridized carbons (Fsp3) is 0.444. The molecule has 2 rings (SSSR count). The Morgan fingerprint density at radius 2 is 1.72 bits per heavy atom. The molecule has 1 aliphatic heterocycles. The van der Waals surface area contributed by atoms with E-state index in [1.165, 1.54) is 0 Å². The Labute approximate surface area is 156 Å². The topological polar surface area (TPSA) is 61.9 Å². The number of carbonyl (C=O) groups excluding carboxylic acids is 2. The number of hydrogen-bond acceptors (Lipinski definition) is 3. The van der Waals surface area contributed by atoms with Gasteiger partial charge >= 0.3 is 12.1 Å². The summed E-state index contributed by atoms with van der Waals surface area (Å²) in [4.78, 5) is 27.5. The van der Waals surface area contributed by atoms with E-state index in [9.17, 15) is 9.59 Å². The lowest BCUT2D eigenvalue weighted by Crippen LogP contribution is -2.53. The first-order chi connectivity index (χ1) is 11.8. The Balaban J connectivity index is 1.79. The molecule has 1 fully saturated rings. The number of nitrogens with zero attached hydrogens (tertiary/aromatic N) is 2. The Kier molecular flexibility index (Phi) is 6.47. The van der Waals surface area contributed by atoms with Gasteiger partial charge in [0.25, 0.3) is 0 Å². The monoisotopic (exact) mass is 409 g/mol. The molecule has 3 amide bonds. The highest BCUT2D eigenvalue weighted by atomic mass is 79.9. The molecule has 1 aromatic rings. The maximum Gasteiger partial charge on any atom is 0.410 e. The van der Waals surface area contributed by atoms with E-state index in [1.807, 2.05) is 51.1 Å². The van der Waals surface area contributed by atoms with Crippen molar-refractivity contribution in [1.82, 2.24) is 15.1 Å². The minimum atomic E-state index is -0.512. The van der Waals surface area contributed by atoms with Crippen LogP contribution in [0.1, 0.15) is 26.3 Å². The number of piperazine rings is 1. The standard InChI is InChI=1S/C18H24BrN3O3/c1-18(2,3)25-17(24)22-12-10-21(11-13-22)16(23)20-9-8-14-6-4-5-7-15(14)19/h4-9H,10-13H2,1-3H3,(H,20,23)/b9-8+. The number of urea groups is 1. The Morgan fingerprint density at radius 1 is 1.12 bits per heavy atom. The van der Waals surface area contributed by atoms with Gasteiger partial charge in [0.15, 0.2) is 0 Å². The van der Waals surface area contributed by atoms with Crippen LogP contribution < -0.4 is 5.32 Å². The van der Waals surface area contributed by atoms with Crippen molar-refractivity contribution in [3.05, 3.63) is 40.5 Å². The molecule has 0 aromatic heterocycles.